The third-order valence-corrected chi connectivity index (χ3v) is 18.7. The van der Waals surface area contributed by atoms with E-state index in [-0.39, 0.29) is 37.7 Å². The summed E-state index contributed by atoms with van der Waals surface area (Å²) in [6.07, 6.45) is 13.6. The molecule has 0 unspecified atom stereocenters. The number of rotatable bonds is 128. The van der Waals surface area contributed by atoms with Crippen LogP contribution in [-0.2, 0) is 194 Å². The Bertz CT molecular complexity index is 2410. The zero-order valence-corrected chi connectivity index (χ0v) is 87.5. The maximum absolute atomic E-state index is 12.9. The molecule has 142 heavy (non-hydrogen) atoms. The summed E-state index contributed by atoms with van der Waals surface area (Å²) in [4.78, 5) is 48.7. The van der Waals surface area contributed by atoms with Crippen molar-refractivity contribution in [1.29, 1.82) is 0 Å². The molecule has 0 saturated carbocycles. The van der Waals surface area contributed by atoms with Gasteiger partial charge in [0.2, 0.25) is 11.8 Å². The number of esters is 1. The molecule has 0 aromatic heterocycles. The minimum absolute atomic E-state index is 0.0139. The second kappa shape index (κ2) is 123. The van der Waals surface area contributed by atoms with Crippen molar-refractivity contribution >= 4 is 23.8 Å². The summed E-state index contributed by atoms with van der Waals surface area (Å²) in [6, 6.07) is -0.896. The van der Waals surface area contributed by atoms with Gasteiger partial charge in [-0.05, 0) is 33.6 Å². The van der Waals surface area contributed by atoms with E-state index < -0.39 is 23.6 Å². The van der Waals surface area contributed by atoms with Gasteiger partial charge in [0, 0.05) is 19.4 Å². The summed E-state index contributed by atoms with van der Waals surface area (Å²) in [6.45, 7) is 40.5. The van der Waals surface area contributed by atoms with Crippen LogP contribution in [0.3, 0.4) is 0 Å². The van der Waals surface area contributed by atoms with Crippen molar-refractivity contribution in [2.75, 3.05) is 482 Å². The van der Waals surface area contributed by atoms with Crippen LogP contribution in [-0.4, -0.2) is 523 Å². The number of hydrogen-bond acceptors (Lipinski definition) is 41. The van der Waals surface area contributed by atoms with Crippen molar-refractivity contribution < 1.29 is 200 Å². The predicted octanol–water partition coefficient (Wildman–Crippen LogP) is 5.48. The van der Waals surface area contributed by atoms with Gasteiger partial charge in [-0.1, -0.05) is 71.1 Å². The number of carbonyl (C=O) groups excluding carboxylic acids is 3. The first-order chi connectivity index (χ1) is 70.0. The van der Waals surface area contributed by atoms with Gasteiger partial charge >= 0.3 is 11.9 Å². The average Bonchev–Trinajstić information content (AvgIpc) is 0.886. The molecule has 0 aliphatic heterocycles. The van der Waals surface area contributed by atoms with Gasteiger partial charge in [0.05, 0.1) is 482 Å². The Labute approximate surface area is 848 Å². The van der Waals surface area contributed by atoms with Crippen molar-refractivity contribution in [3.05, 3.63) is 0 Å². The Morgan fingerprint density at radius 2 is 0.352 bits per heavy atom. The van der Waals surface area contributed by atoms with Crippen LogP contribution in [0.1, 0.15) is 124 Å². The number of carboxylic acid groups (broad SMARTS) is 1. The molecule has 44 heteroatoms. The topological polar surface area (TPSA) is 454 Å². The lowest BCUT2D eigenvalue weighted by molar-refractivity contribution is -0.159. The van der Waals surface area contributed by atoms with Crippen LogP contribution in [0.4, 0.5) is 0 Å². The Kier molecular flexibility index (Phi) is 120. The van der Waals surface area contributed by atoms with E-state index in [2.05, 4.69) is 17.6 Å². The zero-order chi connectivity index (χ0) is 102. The molecule has 0 bridgehead atoms. The van der Waals surface area contributed by atoms with Gasteiger partial charge in [0.25, 0.3) is 0 Å². The monoisotopic (exact) mass is 2070 g/mol. The lowest BCUT2D eigenvalue weighted by Crippen LogP contribution is -2.44. The first kappa shape index (κ1) is 138. The Morgan fingerprint density at radius 3 is 0.514 bits per heavy atom. The van der Waals surface area contributed by atoms with Gasteiger partial charge in [-0.15, -0.1) is 0 Å². The van der Waals surface area contributed by atoms with Crippen LogP contribution in [0, 0.1) is 0 Å². The molecule has 0 aromatic carbocycles. The fourth-order valence-electron chi connectivity index (χ4n) is 11.4. The van der Waals surface area contributed by atoms with Crippen molar-refractivity contribution in [2.45, 2.75) is 136 Å². The highest BCUT2D eigenvalue weighted by atomic mass is 16.6. The van der Waals surface area contributed by atoms with Gasteiger partial charge in [-0.2, -0.15) is 0 Å². The molecule has 0 saturated heterocycles. The summed E-state index contributed by atoms with van der Waals surface area (Å²) in [5.41, 5.74) is -0.719. The van der Waals surface area contributed by atoms with E-state index in [0.29, 0.717) is 482 Å². The number of carboxylic acids is 1. The summed E-state index contributed by atoms with van der Waals surface area (Å²) in [5.74, 6) is -1.86. The molecule has 0 aliphatic carbocycles. The highest BCUT2D eigenvalue weighted by molar-refractivity contribution is 5.85. The minimum atomic E-state index is -0.896. The van der Waals surface area contributed by atoms with Crippen LogP contribution in [0.5, 0.6) is 0 Å². The summed E-state index contributed by atoms with van der Waals surface area (Å²) in [5, 5.41) is 14.2. The fourth-order valence-corrected chi connectivity index (χ4v) is 11.4. The maximum Gasteiger partial charge on any atom is 0.329 e. The molecule has 0 spiro atoms. The molecule has 3 N–H and O–H groups in total. The molecule has 0 heterocycles. The normalized spacial score (nSPS) is 12.0. The van der Waals surface area contributed by atoms with E-state index in [1.165, 1.54) is 51.4 Å². The maximum atomic E-state index is 12.9. The first-order valence-corrected chi connectivity index (χ1v) is 51.8. The summed E-state index contributed by atoms with van der Waals surface area (Å²) in [7, 11) is 0. The molecule has 0 aliphatic rings. The number of carbonyl (C=O) groups is 4. The second-order valence-corrected chi connectivity index (χ2v) is 32.0. The molecule has 2 amide bonds. The number of hydrogen-bond donors (Lipinski definition) is 3. The molecule has 44 nitrogen and oxygen atoms in total. The van der Waals surface area contributed by atoms with Crippen LogP contribution in [0.15, 0.2) is 0 Å². The summed E-state index contributed by atoms with van der Waals surface area (Å²) >= 11 is 0. The quantitative estimate of drug-likeness (QED) is 0.0501. The van der Waals surface area contributed by atoms with Crippen molar-refractivity contribution in [3.8, 4) is 0 Å². The number of ether oxygens (including phenoxy) is 37. The van der Waals surface area contributed by atoms with Crippen LogP contribution < -0.4 is 10.6 Å². The van der Waals surface area contributed by atoms with Gasteiger partial charge in [0.15, 0.2) is 0 Å². The van der Waals surface area contributed by atoms with Gasteiger partial charge in [-0.3, -0.25) is 14.4 Å². The SMILES string of the molecule is CCCCCCCCCCCCCC(=O)N[C@@H](CCC(=O)NCCOCCOCCOCCOCCOCCOCCOCCOCCOCCOCCOCCOCCOCCOCCOCCOCCOCCOCCOCCOCCOCCOCCOCCOCCOCCOCCOCCOCCOCCOCCOCCOCCOCCOCCOCCOCCC(=O)O)C(=O)OC(C)(C)C. The van der Waals surface area contributed by atoms with Crippen molar-refractivity contribution in [2.24, 2.45) is 0 Å². The molecular formula is C98H192N2O42. The number of aliphatic carboxylic acids is 1. The van der Waals surface area contributed by atoms with E-state index in [9.17, 15) is 19.2 Å². The van der Waals surface area contributed by atoms with Crippen molar-refractivity contribution in [3.63, 3.8) is 0 Å². The van der Waals surface area contributed by atoms with Crippen LogP contribution >= 0.6 is 0 Å². The van der Waals surface area contributed by atoms with Gasteiger partial charge in [0.1, 0.15) is 11.6 Å². The third kappa shape index (κ3) is 125. The zero-order valence-electron chi connectivity index (χ0n) is 87.5. The molecule has 0 rings (SSSR count). The molecule has 0 aromatic rings. The highest BCUT2D eigenvalue weighted by Gasteiger charge is 2.27. The van der Waals surface area contributed by atoms with E-state index in [1.807, 2.05) is 0 Å². The Morgan fingerprint density at radius 1 is 0.197 bits per heavy atom. The Hall–Kier alpha value is -3.56. The van der Waals surface area contributed by atoms with Crippen molar-refractivity contribution in [1.82, 2.24) is 10.6 Å². The van der Waals surface area contributed by atoms with Crippen LogP contribution in [0.2, 0.25) is 0 Å². The summed E-state index contributed by atoms with van der Waals surface area (Å²) < 4.78 is 204. The number of unbranched alkanes of at least 4 members (excludes halogenated alkanes) is 10. The molecule has 0 radical (unpaired) electrons. The van der Waals surface area contributed by atoms with E-state index >= 15 is 0 Å². The van der Waals surface area contributed by atoms with Gasteiger partial charge in [-0.25, -0.2) is 4.79 Å². The molecule has 1 atom stereocenters. The fraction of sp³-hybridized carbons (Fsp3) is 0.959. The van der Waals surface area contributed by atoms with Crippen LogP contribution in [0.25, 0.3) is 0 Å². The Balaban J connectivity index is 3.22. The molecule has 0 fully saturated rings. The second-order valence-electron chi connectivity index (χ2n) is 32.0. The smallest absolute Gasteiger partial charge is 0.329 e. The lowest BCUT2D eigenvalue weighted by atomic mass is 10.0. The first-order valence-electron chi connectivity index (χ1n) is 51.8. The highest BCUT2D eigenvalue weighted by Crippen LogP contribution is 2.15. The van der Waals surface area contributed by atoms with E-state index in [0.717, 1.165) is 19.3 Å². The standard InChI is InChI=1S/C98H192N2O42/c1-5-6-7-8-9-10-11-12-13-14-15-16-95(102)100-93(97(105)142-98(2,3)4)17-18-94(101)99-20-22-107-24-26-109-28-30-111-32-34-113-36-38-115-40-42-117-44-46-119-48-50-121-52-54-123-56-58-125-60-62-127-64-66-129-68-70-131-72-74-133-76-78-135-80-82-137-84-86-139-88-90-141-92-91-140-89-87-138-85-83-136-81-79-134-77-75-132-73-71-130-69-67-128-65-63-126-61-59-124-57-55-122-53-51-120-49-47-118-45-43-116-41-39-114-37-35-112-33-31-110-29-27-108-25-23-106-21-19-96(103)104/h93H,5-92H2,1-4H3,(H,99,101)(H,100,102)(H,103,104)/t93-/m0/s1. The average molecular weight is 2070 g/mol. The van der Waals surface area contributed by atoms with E-state index in [1.54, 1.807) is 20.8 Å². The molecule has 846 valence electrons. The number of nitrogens with one attached hydrogen (secondary N) is 2. The minimum Gasteiger partial charge on any atom is -0.481 e. The van der Waals surface area contributed by atoms with E-state index in [4.69, 9.17) is 180 Å². The number of amides is 2. The molecular weight excluding hydrogens is 1880 g/mol. The van der Waals surface area contributed by atoms with Gasteiger partial charge < -0.3 is 191 Å². The predicted molar refractivity (Wildman–Crippen MR) is 523 cm³/mol. The largest absolute Gasteiger partial charge is 0.481 e. The lowest BCUT2D eigenvalue weighted by Gasteiger charge is -2.24. The third-order valence-electron chi connectivity index (χ3n) is 18.7.